The number of hydrogen-bond acceptors (Lipinski definition) is 5. The van der Waals surface area contributed by atoms with E-state index in [2.05, 4.69) is 15.3 Å². The first-order valence-electron chi connectivity index (χ1n) is 7.91. The fourth-order valence-electron chi connectivity index (χ4n) is 2.69. The van der Waals surface area contributed by atoms with Crippen LogP contribution in [0, 0.1) is 0 Å². The Morgan fingerprint density at radius 2 is 1.80 bits per heavy atom. The largest absolute Gasteiger partial charge is 0.497 e. The second-order valence-electron chi connectivity index (χ2n) is 5.52. The Bertz CT molecular complexity index is 1000. The summed E-state index contributed by atoms with van der Waals surface area (Å²) in [6.07, 6.45) is 3.24. The minimum atomic E-state index is 0.743. The number of anilines is 2. The average Bonchev–Trinajstić information content (AvgIpc) is 2.69. The number of benzene rings is 2. The van der Waals surface area contributed by atoms with Crippen LogP contribution in [0.15, 0.2) is 73.2 Å². The van der Waals surface area contributed by atoms with Crippen molar-refractivity contribution in [3.63, 3.8) is 0 Å². The Hall–Kier alpha value is -3.47. The Morgan fingerprint density at radius 1 is 0.960 bits per heavy atom. The zero-order valence-corrected chi connectivity index (χ0v) is 13.7. The smallest absolute Gasteiger partial charge is 0.133 e. The van der Waals surface area contributed by atoms with E-state index in [-0.39, 0.29) is 0 Å². The van der Waals surface area contributed by atoms with Crippen LogP contribution in [0.1, 0.15) is 0 Å². The lowest BCUT2D eigenvalue weighted by Gasteiger charge is -2.12. The van der Waals surface area contributed by atoms with Gasteiger partial charge in [-0.25, -0.2) is 15.0 Å². The summed E-state index contributed by atoms with van der Waals surface area (Å²) in [6.45, 7) is 0. The summed E-state index contributed by atoms with van der Waals surface area (Å²) in [5.74, 6) is 1.57. The molecule has 2 aromatic carbocycles. The number of aromatic nitrogens is 3. The molecule has 0 saturated carbocycles. The molecule has 0 radical (unpaired) electrons. The zero-order chi connectivity index (χ0) is 17.1. The van der Waals surface area contributed by atoms with Gasteiger partial charge >= 0.3 is 0 Å². The van der Waals surface area contributed by atoms with Gasteiger partial charge in [0.25, 0.3) is 0 Å². The fraction of sp³-hybridized carbons (Fsp3) is 0.0500. The molecular formula is C20H16N4O. The van der Waals surface area contributed by atoms with Crippen molar-refractivity contribution in [2.75, 3.05) is 12.4 Å². The van der Waals surface area contributed by atoms with Crippen LogP contribution in [0.4, 0.5) is 11.5 Å². The molecule has 0 aliphatic heterocycles. The third-order valence-electron chi connectivity index (χ3n) is 3.95. The highest BCUT2D eigenvalue weighted by atomic mass is 16.5. The molecule has 0 saturated heterocycles. The normalized spacial score (nSPS) is 10.6. The number of nitrogens with zero attached hydrogens (tertiary/aromatic N) is 3. The summed E-state index contributed by atoms with van der Waals surface area (Å²) in [7, 11) is 1.66. The Labute approximate surface area is 145 Å². The van der Waals surface area contributed by atoms with Crippen LogP contribution >= 0.6 is 0 Å². The summed E-state index contributed by atoms with van der Waals surface area (Å²) < 4.78 is 5.23. The van der Waals surface area contributed by atoms with Gasteiger partial charge in [-0.1, -0.05) is 18.2 Å². The number of rotatable bonds is 4. The summed E-state index contributed by atoms with van der Waals surface area (Å²) in [5, 5.41) is 4.40. The molecule has 4 rings (SSSR count). The summed E-state index contributed by atoms with van der Waals surface area (Å²) in [6, 6.07) is 19.8. The summed E-state index contributed by atoms with van der Waals surface area (Å²) in [5.41, 5.74) is 3.79. The van der Waals surface area contributed by atoms with Crippen molar-refractivity contribution in [1.29, 1.82) is 0 Å². The lowest BCUT2D eigenvalue weighted by Crippen LogP contribution is -1.97. The first-order valence-corrected chi connectivity index (χ1v) is 7.91. The fourth-order valence-corrected chi connectivity index (χ4v) is 2.69. The Morgan fingerprint density at radius 3 is 2.56 bits per heavy atom. The second-order valence-corrected chi connectivity index (χ2v) is 5.52. The van der Waals surface area contributed by atoms with Gasteiger partial charge in [-0.3, -0.25) is 0 Å². The maximum Gasteiger partial charge on any atom is 0.133 e. The van der Waals surface area contributed by atoms with Crippen molar-refractivity contribution in [3.8, 4) is 17.0 Å². The van der Waals surface area contributed by atoms with E-state index in [9.17, 15) is 0 Å². The van der Waals surface area contributed by atoms with Gasteiger partial charge in [0.2, 0.25) is 0 Å². The number of pyridine rings is 1. The van der Waals surface area contributed by atoms with Crippen LogP contribution in [0.2, 0.25) is 0 Å². The van der Waals surface area contributed by atoms with Crippen molar-refractivity contribution in [2.45, 2.75) is 0 Å². The number of methoxy groups -OCH3 is 1. The highest BCUT2D eigenvalue weighted by Gasteiger charge is 2.08. The van der Waals surface area contributed by atoms with E-state index in [0.29, 0.717) is 0 Å². The molecular weight excluding hydrogens is 312 g/mol. The van der Waals surface area contributed by atoms with Crippen molar-refractivity contribution < 1.29 is 4.74 Å². The van der Waals surface area contributed by atoms with Gasteiger partial charge in [-0.15, -0.1) is 0 Å². The number of ether oxygens (including phenoxy) is 1. The van der Waals surface area contributed by atoms with Crippen LogP contribution < -0.4 is 10.1 Å². The van der Waals surface area contributed by atoms with Gasteiger partial charge in [0.15, 0.2) is 0 Å². The van der Waals surface area contributed by atoms with Gasteiger partial charge < -0.3 is 10.1 Å². The van der Waals surface area contributed by atoms with Crippen LogP contribution in [0.25, 0.3) is 22.2 Å². The molecule has 5 nitrogen and oxygen atoms in total. The topological polar surface area (TPSA) is 59.9 Å². The van der Waals surface area contributed by atoms with Crippen molar-refractivity contribution in [1.82, 2.24) is 15.0 Å². The molecule has 5 heteroatoms. The van der Waals surface area contributed by atoms with Gasteiger partial charge in [-0.05, 0) is 42.5 Å². The molecule has 0 bridgehead atoms. The molecule has 4 aromatic rings. The van der Waals surface area contributed by atoms with E-state index in [1.54, 1.807) is 13.3 Å². The predicted octanol–water partition coefficient (Wildman–Crippen LogP) is 4.44. The molecule has 2 heterocycles. The molecule has 2 aromatic heterocycles. The van der Waals surface area contributed by atoms with Crippen LogP contribution in [-0.4, -0.2) is 22.1 Å². The van der Waals surface area contributed by atoms with Gasteiger partial charge in [0, 0.05) is 17.1 Å². The van der Waals surface area contributed by atoms with Crippen molar-refractivity contribution in [3.05, 3.63) is 73.2 Å². The summed E-state index contributed by atoms with van der Waals surface area (Å²) in [4.78, 5) is 13.0. The number of hydrogen-bond donors (Lipinski definition) is 1. The average molecular weight is 328 g/mol. The van der Waals surface area contributed by atoms with Gasteiger partial charge in [0.05, 0.1) is 24.0 Å². The molecule has 0 aliphatic carbocycles. The third kappa shape index (κ3) is 3.12. The first kappa shape index (κ1) is 15.1. The van der Waals surface area contributed by atoms with Crippen LogP contribution in [0.5, 0.6) is 5.75 Å². The minimum Gasteiger partial charge on any atom is -0.497 e. The van der Waals surface area contributed by atoms with E-state index >= 15 is 0 Å². The van der Waals surface area contributed by atoms with Crippen LogP contribution in [0.3, 0.4) is 0 Å². The molecule has 0 aliphatic rings. The van der Waals surface area contributed by atoms with Crippen LogP contribution in [-0.2, 0) is 0 Å². The molecule has 0 spiro atoms. The highest BCUT2D eigenvalue weighted by molar-refractivity contribution is 5.95. The maximum absolute atomic E-state index is 5.23. The lowest BCUT2D eigenvalue weighted by atomic mass is 10.1. The molecule has 0 fully saturated rings. The molecule has 25 heavy (non-hydrogen) atoms. The predicted molar refractivity (Wildman–Crippen MR) is 99.0 cm³/mol. The van der Waals surface area contributed by atoms with E-state index in [4.69, 9.17) is 9.72 Å². The molecule has 122 valence electrons. The van der Waals surface area contributed by atoms with E-state index in [1.165, 1.54) is 6.33 Å². The van der Waals surface area contributed by atoms with Gasteiger partial charge in [-0.2, -0.15) is 0 Å². The molecule has 1 N–H and O–H groups in total. The summed E-state index contributed by atoms with van der Waals surface area (Å²) >= 11 is 0. The Balaban J connectivity index is 1.82. The minimum absolute atomic E-state index is 0.743. The van der Waals surface area contributed by atoms with Crippen molar-refractivity contribution >= 4 is 22.4 Å². The van der Waals surface area contributed by atoms with Crippen molar-refractivity contribution in [2.24, 2.45) is 0 Å². The van der Waals surface area contributed by atoms with Gasteiger partial charge in [0.1, 0.15) is 17.9 Å². The van der Waals surface area contributed by atoms with E-state index < -0.39 is 0 Å². The zero-order valence-electron chi connectivity index (χ0n) is 13.7. The monoisotopic (exact) mass is 328 g/mol. The molecule has 0 atom stereocenters. The maximum atomic E-state index is 5.23. The number of para-hydroxylation sites is 1. The standard InChI is InChI=1S/C20H16N4O/c1-25-15-8-6-14(7-9-15)18-12-19(24-20-10-11-21-13-22-20)16-4-2-3-5-17(16)23-18/h2-13H,1H3,(H,21,22,23,24). The molecule has 0 unspecified atom stereocenters. The lowest BCUT2D eigenvalue weighted by molar-refractivity contribution is 0.415. The number of nitrogens with one attached hydrogen (secondary N) is 1. The second kappa shape index (κ2) is 6.57. The SMILES string of the molecule is COc1ccc(-c2cc(Nc3ccncn3)c3ccccc3n2)cc1. The Kier molecular flexibility index (Phi) is 3.96. The molecule has 0 amide bonds. The van der Waals surface area contributed by atoms with E-state index in [1.807, 2.05) is 60.7 Å². The highest BCUT2D eigenvalue weighted by Crippen LogP contribution is 2.30. The third-order valence-corrected chi connectivity index (χ3v) is 3.95. The van der Waals surface area contributed by atoms with E-state index in [0.717, 1.165) is 39.4 Å². The number of fused-ring (bicyclic) bond motifs is 1. The quantitative estimate of drug-likeness (QED) is 0.600. The first-order chi connectivity index (χ1) is 12.3.